The predicted octanol–water partition coefficient (Wildman–Crippen LogP) is 3.01. The summed E-state index contributed by atoms with van der Waals surface area (Å²) in [4.78, 5) is 11.3. The van der Waals surface area contributed by atoms with Gasteiger partial charge >= 0.3 is 0 Å². The van der Waals surface area contributed by atoms with Gasteiger partial charge in [-0.05, 0) is 29.5 Å². The smallest absolute Gasteiger partial charge is 0.142 e. The zero-order valence-corrected chi connectivity index (χ0v) is 8.38. The number of hydrogen-bond acceptors (Lipinski definition) is 2. The molecule has 1 aromatic rings. The first-order valence-corrected chi connectivity index (χ1v) is 5.20. The number of allylic oxidation sites excluding steroid dienone is 1. The van der Waals surface area contributed by atoms with Gasteiger partial charge in [0.05, 0.1) is 0 Å². The summed E-state index contributed by atoms with van der Waals surface area (Å²) in [5.74, 6) is 1.07. The highest BCUT2D eigenvalue weighted by molar-refractivity contribution is 7.99. The van der Waals surface area contributed by atoms with E-state index < -0.39 is 0 Å². The highest BCUT2D eigenvalue weighted by atomic mass is 32.2. The van der Waals surface area contributed by atoms with Crippen LogP contribution in [0.4, 0.5) is 0 Å². The molecule has 0 aromatic heterocycles. The van der Waals surface area contributed by atoms with Crippen LogP contribution < -0.4 is 0 Å². The normalized spacial score (nSPS) is 10.5. The van der Waals surface area contributed by atoms with E-state index in [4.69, 9.17) is 0 Å². The molecule has 0 amide bonds. The van der Waals surface area contributed by atoms with Crippen molar-refractivity contribution in [3.8, 4) is 0 Å². The molecular formula is C11H12OS. The third kappa shape index (κ3) is 3.47. The Bertz CT molecular complexity index is 305. The number of carbonyl (C=O) groups is 1. The quantitative estimate of drug-likeness (QED) is 0.414. The molecule has 0 unspecified atom stereocenters. The van der Waals surface area contributed by atoms with E-state index >= 15 is 0 Å². The summed E-state index contributed by atoms with van der Waals surface area (Å²) in [6.07, 6.45) is 4.11. The molecule has 0 aliphatic heterocycles. The molecule has 0 spiro atoms. The average Bonchev–Trinajstić information content (AvgIpc) is 2.16. The van der Waals surface area contributed by atoms with Gasteiger partial charge in [0, 0.05) is 4.90 Å². The van der Waals surface area contributed by atoms with Gasteiger partial charge < -0.3 is 0 Å². The first-order valence-electron chi connectivity index (χ1n) is 4.21. The molecule has 0 heterocycles. The largest absolute Gasteiger partial charge is 0.299 e. The fourth-order valence-electron chi connectivity index (χ4n) is 1.03. The lowest BCUT2D eigenvalue weighted by Crippen LogP contribution is -1.75. The first kappa shape index (κ1) is 10.1. The molecule has 1 nitrogen and oxygen atoms in total. The summed E-state index contributed by atoms with van der Waals surface area (Å²) in [6.45, 7) is 2.12. The van der Waals surface area contributed by atoms with Crippen LogP contribution in [-0.2, 0) is 4.79 Å². The Morgan fingerprint density at radius 1 is 1.46 bits per heavy atom. The Morgan fingerprint density at radius 3 is 3.00 bits per heavy atom. The molecule has 68 valence electrons. The van der Waals surface area contributed by atoms with Gasteiger partial charge in [-0.25, -0.2) is 0 Å². The molecule has 0 bridgehead atoms. The van der Waals surface area contributed by atoms with E-state index in [2.05, 4.69) is 19.1 Å². The maximum absolute atomic E-state index is 10.1. The van der Waals surface area contributed by atoms with Crippen LogP contribution in [0.1, 0.15) is 12.5 Å². The molecule has 0 fully saturated rings. The monoisotopic (exact) mass is 192 g/mol. The molecule has 0 saturated heterocycles. The van der Waals surface area contributed by atoms with E-state index in [9.17, 15) is 4.79 Å². The van der Waals surface area contributed by atoms with Crippen molar-refractivity contribution in [3.05, 3.63) is 35.9 Å². The van der Waals surface area contributed by atoms with Crippen molar-refractivity contribution >= 4 is 24.1 Å². The number of benzene rings is 1. The summed E-state index contributed by atoms with van der Waals surface area (Å²) in [6, 6.07) is 8.14. The second kappa shape index (κ2) is 5.60. The Labute approximate surface area is 82.9 Å². The number of hydrogen-bond donors (Lipinski definition) is 0. The third-order valence-electron chi connectivity index (χ3n) is 1.54. The number of aldehydes is 1. The van der Waals surface area contributed by atoms with Crippen molar-refractivity contribution < 1.29 is 4.79 Å². The van der Waals surface area contributed by atoms with Crippen LogP contribution >= 0.6 is 11.8 Å². The van der Waals surface area contributed by atoms with Gasteiger partial charge in [0.15, 0.2) is 0 Å². The Kier molecular flexibility index (Phi) is 4.33. The standard InChI is InChI=1S/C11H12OS/c1-2-13-11-7-3-5-10(9-11)6-4-8-12/h3-9H,2H2,1H3. The molecule has 13 heavy (non-hydrogen) atoms. The minimum absolute atomic E-state index is 0.791. The van der Waals surface area contributed by atoms with Gasteiger partial charge in [0.2, 0.25) is 0 Å². The maximum atomic E-state index is 10.1. The lowest BCUT2D eigenvalue weighted by Gasteiger charge is -1.98. The molecule has 1 aromatic carbocycles. The SMILES string of the molecule is CCSc1cccc(C=CC=O)c1. The number of thioether (sulfide) groups is 1. The lowest BCUT2D eigenvalue weighted by atomic mass is 10.2. The van der Waals surface area contributed by atoms with Crippen LogP contribution in [0.25, 0.3) is 6.08 Å². The molecule has 0 radical (unpaired) electrons. The van der Waals surface area contributed by atoms with Crippen molar-refractivity contribution in [1.82, 2.24) is 0 Å². The summed E-state index contributed by atoms with van der Waals surface area (Å²) < 4.78 is 0. The fraction of sp³-hybridized carbons (Fsp3) is 0.182. The minimum Gasteiger partial charge on any atom is -0.299 e. The van der Waals surface area contributed by atoms with Crippen LogP contribution in [-0.4, -0.2) is 12.0 Å². The number of carbonyl (C=O) groups excluding carboxylic acids is 1. The highest BCUT2D eigenvalue weighted by Gasteiger charge is 1.91. The Balaban J connectivity index is 2.78. The molecule has 0 atom stereocenters. The molecule has 0 N–H and O–H groups in total. The van der Waals surface area contributed by atoms with Crippen LogP contribution in [0, 0.1) is 0 Å². The highest BCUT2D eigenvalue weighted by Crippen LogP contribution is 2.18. The average molecular weight is 192 g/mol. The number of rotatable bonds is 4. The molecule has 2 heteroatoms. The van der Waals surface area contributed by atoms with E-state index in [-0.39, 0.29) is 0 Å². The Hall–Kier alpha value is -1.02. The maximum Gasteiger partial charge on any atom is 0.142 e. The second-order valence-corrected chi connectivity index (χ2v) is 3.84. The van der Waals surface area contributed by atoms with Crippen LogP contribution in [0.3, 0.4) is 0 Å². The van der Waals surface area contributed by atoms with Gasteiger partial charge in [0.1, 0.15) is 6.29 Å². The lowest BCUT2D eigenvalue weighted by molar-refractivity contribution is -0.104. The Morgan fingerprint density at radius 2 is 2.31 bits per heavy atom. The first-order chi connectivity index (χ1) is 6.36. The zero-order chi connectivity index (χ0) is 9.52. The molecule has 0 aliphatic rings. The summed E-state index contributed by atoms with van der Waals surface area (Å²) >= 11 is 1.80. The van der Waals surface area contributed by atoms with E-state index in [1.807, 2.05) is 18.2 Å². The predicted molar refractivity (Wildman–Crippen MR) is 57.9 cm³/mol. The van der Waals surface area contributed by atoms with E-state index in [1.54, 1.807) is 11.8 Å². The third-order valence-corrected chi connectivity index (χ3v) is 2.41. The van der Waals surface area contributed by atoms with Gasteiger partial charge in [-0.3, -0.25) is 4.79 Å². The van der Waals surface area contributed by atoms with Gasteiger partial charge in [-0.15, -0.1) is 11.8 Å². The molecule has 0 saturated carbocycles. The van der Waals surface area contributed by atoms with Gasteiger partial charge in [-0.2, -0.15) is 0 Å². The van der Waals surface area contributed by atoms with Crippen molar-refractivity contribution in [2.45, 2.75) is 11.8 Å². The fourth-order valence-corrected chi connectivity index (χ4v) is 1.75. The second-order valence-electron chi connectivity index (χ2n) is 2.50. The van der Waals surface area contributed by atoms with Crippen molar-refractivity contribution in [2.75, 3.05) is 5.75 Å². The topological polar surface area (TPSA) is 17.1 Å². The van der Waals surface area contributed by atoms with E-state index in [0.29, 0.717) is 0 Å². The van der Waals surface area contributed by atoms with E-state index in [1.165, 1.54) is 11.0 Å². The van der Waals surface area contributed by atoms with Crippen LogP contribution in [0.5, 0.6) is 0 Å². The molecular weight excluding hydrogens is 180 g/mol. The van der Waals surface area contributed by atoms with Gasteiger partial charge in [0.25, 0.3) is 0 Å². The minimum atomic E-state index is 0.791. The van der Waals surface area contributed by atoms with E-state index in [0.717, 1.165) is 17.6 Å². The van der Waals surface area contributed by atoms with Crippen LogP contribution in [0.15, 0.2) is 35.2 Å². The van der Waals surface area contributed by atoms with Gasteiger partial charge in [-0.1, -0.05) is 25.1 Å². The summed E-state index contributed by atoms with van der Waals surface area (Å²) in [5, 5.41) is 0. The zero-order valence-electron chi connectivity index (χ0n) is 7.57. The van der Waals surface area contributed by atoms with Crippen molar-refractivity contribution in [2.24, 2.45) is 0 Å². The van der Waals surface area contributed by atoms with Crippen molar-refractivity contribution in [1.29, 1.82) is 0 Å². The molecule has 1 rings (SSSR count). The summed E-state index contributed by atoms with van der Waals surface area (Å²) in [7, 11) is 0. The molecule has 0 aliphatic carbocycles. The van der Waals surface area contributed by atoms with Crippen LogP contribution in [0.2, 0.25) is 0 Å². The van der Waals surface area contributed by atoms with Crippen molar-refractivity contribution in [3.63, 3.8) is 0 Å². The summed E-state index contributed by atoms with van der Waals surface area (Å²) in [5.41, 5.74) is 1.07.